The van der Waals surface area contributed by atoms with E-state index in [2.05, 4.69) is 83.7 Å². The van der Waals surface area contributed by atoms with E-state index < -0.39 is 0 Å². The smallest absolute Gasteiger partial charge is 0.306 e. The van der Waals surface area contributed by atoms with Crippen LogP contribution in [0.25, 0.3) is 0 Å². The van der Waals surface area contributed by atoms with E-state index in [1.807, 2.05) is 24.3 Å². The third kappa shape index (κ3) is 10.5. The third-order valence-electron chi connectivity index (χ3n) is 15.1. The quantitative estimate of drug-likeness (QED) is 0.0700. The first-order valence-corrected chi connectivity index (χ1v) is 22.8. The van der Waals surface area contributed by atoms with Crippen molar-refractivity contribution < 1.29 is 14.3 Å². The number of carbonyl (C=O) groups excluding carboxylic acids is 1. The third-order valence-corrected chi connectivity index (χ3v) is 15.1. The minimum Gasteiger partial charge on any atom is -0.494 e. The number of ether oxygens (including phenoxy) is 2. The minimum absolute atomic E-state index is 0.0173. The number of esters is 1. The SMILES string of the molecule is CCCCCc1ccc(C#Cc2ccc(OCCCCCC(=O)O[C@H]3CC[C@@]4(C)C(=CC[C@H]5[C@@H]6CC[C@H]([C@H](C)CCCC(C)C)[C@@]6(C)CC[C@@H]54)C3)cc2)cc1. The van der Waals surface area contributed by atoms with E-state index in [1.165, 1.54) is 82.6 Å². The van der Waals surface area contributed by atoms with Crippen molar-refractivity contribution in [3.05, 3.63) is 76.9 Å². The summed E-state index contributed by atoms with van der Waals surface area (Å²) in [5.74, 6) is 12.5. The van der Waals surface area contributed by atoms with Crippen LogP contribution < -0.4 is 4.74 Å². The molecule has 2 aromatic rings. The van der Waals surface area contributed by atoms with Crippen LogP contribution in [0.5, 0.6) is 5.75 Å². The maximum Gasteiger partial charge on any atom is 0.306 e. The van der Waals surface area contributed by atoms with Gasteiger partial charge in [-0.3, -0.25) is 4.79 Å². The number of aryl methyl sites for hydroxylation is 1. The maximum atomic E-state index is 12.9. The van der Waals surface area contributed by atoms with Crippen LogP contribution in [0, 0.1) is 58.2 Å². The van der Waals surface area contributed by atoms with Gasteiger partial charge in [-0.15, -0.1) is 0 Å². The Labute approximate surface area is 336 Å². The van der Waals surface area contributed by atoms with E-state index in [-0.39, 0.29) is 12.1 Å². The standard InChI is InChI=1S/C52H74O3/c1-7-8-10-16-40-18-20-41(21-19-40)22-23-42-24-27-44(28-25-42)54-36-12-9-11-17-50(53)55-45-32-34-51(5)43(37-45)26-29-46-48-31-30-47(39(4)15-13-14-38(2)3)52(48,6)35-33-49(46)51/h18-21,24-28,38-39,45-49H,7-17,29-37H2,1-6H3/t39-,45+,46+,47-,48+,49+,51+,52-/m1/s1. The molecule has 300 valence electrons. The minimum atomic E-state index is -0.0173. The molecule has 0 saturated heterocycles. The van der Waals surface area contributed by atoms with Crippen molar-refractivity contribution in [3.8, 4) is 17.6 Å². The lowest BCUT2D eigenvalue weighted by Crippen LogP contribution is -2.51. The van der Waals surface area contributed by atoms with Crippen molar-refractivity contribution in [2.24, 2.45) is 46.3 Å². The molecule has 2 aromatic carbocycles. The van der Waals surface area contributed by atoms with Crippen LogP contribution in [-0.2, 0) is 16.0 Å². The molecular formula is C52H74O3. The zero-order valence-electron chi connectivity index (χ0n) is 35.6. The summed E-state index contributed by atoms with van der Waals surface area (Å²) in [4.78, 5) is 12.9. The number of unbranched alkanes of at least 4 members (excludes halogenated alkanes) is 4. The molecule has 6 rings (SSSR count). The Morgan fingerprint density at radius 1 is 0.800 bits per heavy atom. The van der Waals surface area contributed by atoms with Crippen LogP contribution in [-0.4, -0.2) is 18.7 Å². The number of fused-ring (bicyclic) bond motifs is 5. The zero-order chi connectivity index (χ0) is 38.8. The van der Waals surface area contributed by atoms with Crippen molar-refractivity contribution in [3.63, 3.8) is 0 Å². The van der Waals surface area contributed by atoms with E-state index in [0.29, 0.717) is 23.9 Å². The number of allylic oxidation sites excluding steroid dienone is 1. The Morgan fingerprint density at radius 3 is 2.27 bits per heavy atom. The maximum absolute atomic E-state index is 12.9. The first-order valence-electron chi connectivity index (χ1n) is 22.8. The molecule has 55 heavy (non-hydrogen) atoms. The van der Waals surface area contributed by atoms with Gasteiger partial charge in [0.2, 0.25) is 0 Å². The largest absolute Gasteiger partial charge is 0.494 e. The van der Waals surface area contributed by atoms with Gasteiger partial charge in [-0.05, 0) is 165 Å². The Balaban J connectivity index is 0.878. The van der Waals surface area contributed by atoms with E-state index in [0.717, 1.165) is 90.9 Å². The monoisotopic (exact) mass is 747 g/mol. The number of hydrogen-bond donors (Lipinski definition) is 0. The summed E-state index contributed by atoms with van der Waals surface area (Å²) >= 11 is 0. The first-order chi connectivity index (χ1) is 26.6. The topological polar surface area (TPSA) is 35.5 Å². The van der Waals surface area contributed by atoms with Crippen molar-refractivity contribution >= 4 is 5.97 Å². The van der Waals surface area contributed by atoms with Gasteiger partial charge in [-0.25, -0.2) is 0 Å². The van der Waals surface area contributed by atoms with Crippen molar-refractivity contribution in [2.45, 2.75) is 170 Å². The molecule has 0 aromatic heterocycles. The van der Waals surface area contributed by atoms with Crippen LogP contribution in [0.1, 0.15) is 174 Å². The fourth-order valence-corrected chi connectivity index (χ4v) is 11.8. The molecule has 8 atom stereocenters. The van der Waals surface area contributed by atoms with Gasteiger partial charge in [0.05, 0.1) is 6.61 Å². The van der Waals surface area contributed by atoms with Gasteiger partial charge < -0.3 is 9.47 Å². The molecule has 3 fully saturated rings. The van der Waals surface area contributed by atoms with Gasteiger partial charge in [0.1, 0.15) is 11.9 Å². The highest BCUT2D eigenvalue weighted by Crippen LogP contribution is 2.67. The van der Waals surface area contributed by atoms with Crippen LogP contribution in [0.15, 0.2) is 60.2 Å². The fourth-order valence-electron chi connectivity index (χ4n) is 11.8. The highest BCUT2D eigenvalue weighted by atomic mass is 16.5. The van der Waals surface area contributed by atoms with Crippen LogP contribution in [0.2, 0.25) is 0 Å². The average molecular weight is 747 g/mol. The van der Waals surface area contributed by atoms with Crippen LogP contribution in [0.4, 0.5) is 0 Å². The van der Waals surface area contributed by atoms with Crippen molar-refractivity contribution in [1.82, 2.24) is 0 Å². The number of benzene rings is 2. The normalized spacial score (nSPS) is 28.9. The highest BCUT2D eigenvalue weighted by Gasteiger charge is 2.59. The molecule has 3 nitrogen and oxygen atoms in total. The molecule has 0 bridgehead atoms. The molecule has 0 heterocycles. The van der Waals surface area contributed by atoms with Gasteiger partial charge >= 0.3 is 5.97 Å². The number of rotatable bonds is 17. The van der Waals surface area contributed by atoms with E-state index in [1.54, 1.807) is 5.57 Å². The van der Waals surface area contributed by atoms with Crippen LogP contribution >= 0.6 is 0 Å². The zero-order valence-corrected chi connectivity index (χ0v) is 35.6. The van der Waals surface area contributed by atoms with Gasteiger partial charge in [0.25, 0.3) is 0 Å². The molecule has 0 amide bonds. The second-order valence-electron chi connectivity index (χ2n) is 19.2. The first kappa shape index (κ1) is 41.6. The van der Waals surface area contributed by atoms with E-state index >= 15 is 0 Å². The predicted octanol–water partition coefficient (Wildman–Crippen LogP) is 13.7. The summed E-state index contributed by atoms with van der Waals surface area (Å²) in [5.41, 5.74) is 5.86. The Morgan fingerprint density at radius 2 is 1.55 bits per heavy atom. The summed E-state index contributed by atoms with van der Waals surface area (Å²) in [6.45, 7) is 15.5. The van der Waals surface area contributed by atoms with Crippen LogP contribution in [0.3, 0.4) is 0 Å². The molecule has 4 aliphatic rings. The van der Waals surface area contributed by atoms with E-state index in [4.69, 9.17) is 9.47 Å². The Hall–Kier alpha value is -2.99. The summed E-state index contributed by atoms with van der Waals surface area (Å²) in [6, 6.07) is 16.7. The van der Waals surface area contributed by atoms with Gasteiger partial charge in [-0.2, -0.15) is 0 Å². The molecule has 0 spiro atoms. The second-order valence-corrected chi connectivity index (χ2v) is 19.2. The van der Waals surface area contributed by atoms with Crippen molar-refractivity contribution in [2.75, 3.05) is 6.61 Å². The Bertz CT molecular complexity index is 1610. The summed E-state index contributed by atoms with van der Waals surface area (Å²) < 4.78 is 12.1. The summed E-state index contributed by atoms with van der Waals surface area (Å²) in [7, 11) is 0. The molecule has 4 aliphatic carbocycles. The fraction of sp³-hybridized carbons (Fsp3) is 0.673. The number of hydrogen-bond acceptors (Lipinski definition) is 3. The molecular weight excluding hydrogens is 673 g/mol. The molecule has 3 heteroatoms. The summed E-state index contributed by atoms with van der Waals surface area (Å²) in [5, 5.41) is 0. The van der Waals surface area contributed by atoms with Gasteiger partial charge in [0.15, 0.2) is 0 Å². The highest BCUT2D eigenvalue weighted by molar-refractivity contribution is 5.69. The number of carbonyl (C=O) groups is 1. The van der Waals surface area contributed by atoms with E-state index in [9.17, 15) is 4.79 Å². The summed E-state index contributed by atoms with van der Waals surface area (Å²) in [6.07, 6.45) is 25.2. The second kappa shape index (κ2) is 19.4. The molecule has 0 aliphatic heterocycles. The molecule has 0 N–H and O–H groups in total. The van der Waals surface area contributed by atoms with Crippen molar-refractivity contribution in [1.29, 1.82) is 0 Å². The predicted molar refractivity (Wildman–Crippen MR) is 229 cm³/mol. The van der Waals surface area contributed by atoms with Gasteiger partial charge in [-0.1, -0.05) is 109 Å². The lowest BCUT2D eigenvalue weighted by Gasteiger charge is -2.58. The lowest BCUT2D eigenvalue weighted by molar-refractivity contribution is -0.151. The lowest BCUT2D eigenvalue weighted by atomic mass is 9.47. The van der Waals surface area contributed by atoms with Gasteiger partial charge in [0, 0.05) is 24.0 Å². The molecule has 3 saturated carbocycles. The molecule has 0 unspecified atom stereocenters. The Kier molecular flexibility index (Phi) is 14.7. The molecule has 0 radical (unpaired) electrons. The average Bonchev–Trinajstić information content (AvgIpc) is 3.54.